The summed E-state index contributed by atoms with van der Waals surface area (Å²) in [5.74, 6) is -0.284. The molecular weight excluding hydrogens is 190 g/mol. The summed E-state index contributed by atoms with van der Waals surface area (Å²) in [6.07, 6.45) is 0.908. The van der Waals surface area contributed by atoms with Crippen molar-refractivity contribution in [1.82, 2.24) is 0 Å². The van der Waals surface area contributed by atoms with Gasteiger partial charge in [-0.3, -0.25) is 0 Å². The van der Waals surface area contributed by atoms with Crippen LogP contribution in [0.25, 0.3) is 0 Å². The minimum atomic E-state index is -0.284. The lowest BCUT2D eigenvalue weighted by Crippen LogP contribution is -2.11. The molecule has 0 aliphatic rings. The number of carbonyl (C=O) groups is 1. The molecule has 0 aliphatic heterocycles. The van der Waals surface area contributed by atoms with Crippen molar-refractivity contribution in [2.24, 2.45) is 0 Å². The summed E-state index contributed by atoms with van der Waals surface area (Å²) < 4.78 is 4.71. The molecule has 0 unspecified atom stereocenters. The number of ether oxygens (including phenoxy) is 1. The number of nitrogens with zero attached hydrogens (tertiary/aromatic N) is 1. The van der Waals surface area contributed by atoms with Crippen LogP contribution in [-0.2, 0) is 11.2 Å². The Morgan fingerprint density at radius 1 is 1.33 bits per heavy atom. The Labute approximate surface area is 90.7 Å². The van der Waals surface area contributed by atoms with Crippen molar-refractivity contribution in [3.63, 3.8) is 0 Å². The molecule has 82 valence electrons. The van der Waals surface area contributed by atoms with Gasteiger partial charge in [0, 0.05) is 19.8 Å². The van der Waals surface area contributed by atoms with E-state index < -0.39 is 0 Å². The summed E-state index contributed by atoms with van der Waals surface area (Å²) in [5, 5.41) is 0. The zero-order valence-corrected chi connectivity index (χ0v) is 9.70. The lowest BCUT2D eigenvalue weighted by molar-refractivity contribution is 0.0600. The van der Waals surface area contributed by atoms with E-state index in [2.05, 4.69) is 13.0 Å². The molecule has 0 aliphatic carbocycles. The Bertz CT molecular complexity index is 359. The van der Waals surface area contributed by atoms with Gasteiger partial charge in [0.15, 0.2) is 0 Å². The molecule has 15 heavy (non-hydrogen) atoms. The van der Waals surface area contributed by atoms with Gasteiger partial charge in [-0.05, 0) is 30.2 Å². The number of hydrogen-bond acceptors (Lipinski definition) is 3. The molecule has 0 spiro atoms. The second kappa shape index (κ2) is 4.82. The van der Waals surface area contributed by atoms with Gasteiger partial charge in [-0.1, -0.05) is 6.92 Å². The van der Waals surface area contributed by atoms with E-state index in [9.17, 15) is 4.79 Å². The minimum absolute atomic E-state index is 0.284. The van der Waals surface area contributed by atoms with Crippen molar-refractivity contribution in [2.75, 3.05) is 26.1 Å². The highest BCUT2D eigenvalue weighted by Gasteiger charge is 2.08. The number of carbonyl (C=O) groups excluding carboxylic acids is 1. The molecule has 0 heterocycles. The summed E-state index contributed by atoms with van der Waals surface area (Å²) >= 11 is 0. The van der Waals surface area contributed by atoms with E-state index in [-0.39, 0.29) is 5.97 Å². The van der Waals surface area contributed by atoms with E-state index >= 15 is 0 Å². The van der Waals surface area contributed by atoms with Gasteiger partial charge in [-0.15, -0.1) is 0 Å². The highest BCUT2D eigenvalue weighted by Crippen LogP contribution is 2.18. The van der Waals surface area contributed by atoms with Gasteiger partial charge in [0.2, 0.25) is 0 Å². The zero-order chi connectivity index (χ0) is 11.4. The lowest BCUT2D eigenvalue weighted by atomic mass is 10.1. The molecule has 0 amide bonds. The van der Waals surface area contributed by atoms with Gasteiger partial charge in [0.05, 0.1) is 12.7 Å². The predicted molar refractivity (Wildman–Crippen MR) is 61.5 cm³/mol. The summed E-state index contributed by atoms with van der Waals surface area (Å²) in [6.45, 7) is 2.07. The summed E-state index contributed by atoms with van der Waals surface area (Å²) in [7, 11) is 5.31. The van der Waals surface area contributed by atoms with Crippen molar-refractivity contribution >= 4 is 11.7 Å². The Balaban J connectivity index is 3.17. The van der Waals surface area contributed by atoms with Crippen LogP contribution in [0.2, 0.25) is 0 Å². The van der Waals surface area contributed by atoms with E-state index in [4.69, 9.17) is 4.74 Å². The smallest absolute Gasteiger partial charge is 0.337 e. The maximum atomic E-state index is 11.4. The summed E-state index contributed by atoms with van der Waals surface area (Å²) in [4.78, 5) is 13.4. The van der Waals surface area contributed by atoms with Crippen LogP contribution in [0.4, 0.5) is 5.69 Å². The van der Waals surface area contributed by atoms with Crippen LogP contribution < -0.4 is 4.90 Å². The fraction of sp³-hybridized carbons (Fsp3) is 0.417. The number of aryl methyl sites for hydroxylation is 1. The predicted octanol–water partition coefficient (Wildman–Crippen LogP) is 2.10. The molecule has 1 aromatic carbocycles. The SMILES string of the molecule is CCc1cc(C(=O)OC)cc(N(C)C)c1. The first kappa shape index (κ1) is 11.6. The average Bonchev–Trinajstić information content (AvgIpc) is 2.27. The van der Waals surface area contributed by atoms with Gasteiger partial charge in [0.25, 0.3) is 0 Å². The monoisotopic (exact) mass is 207 g/mol. The number of rotatable bonds is 3. The van der Waals surface area contributed by atoms with E-state index in [1.807, 2.05) is 31.1 Å². The summed E-state index contributed by atoms with van der Waals surface area (Å²) in [6, 6.07) is 5.79. The third kappa shape index (κ3) is 2.72. The third-order valence-electron chi connectivity index (χ3n) is 2.32. The van der Waals surface area contributed by atoms with Crippen molar-refractivity contribution < 1.29 is 9.53 Å². The van der Waals surface area contributed by atoms with Gasteiger partial charge in [0.1, 0.15) is 0 Å². The Kier molecular flexibility index (Phi) is 3.72. The Morgan fingerprint density at radius 3 is 2.47 bits per heavy atom. The van der Waals surface area contributed by atoms with Crippen LogP contribution in [0.15, 0.2) is 18.2 Å². The number of hydrogen-bond donors (Lipinski definition) is 0. The molecule has 3 heteroatoms. The number of benzene rings is 1. The van der Waals surface area contributed by atoms with Crippen LogP contribution in [0.1, 0.15) is 22.8 Å². The quantitative estimate of drug-likeness (QED) is 0.711. The van der Waals surface area contributed by atoms with Crippen molar-refractivity contribution in [2.45, 2.75) is 13.3 Å². The van der Waals surface area contributed by atoms with Crippen molar-refractivity contribution in [3.8, 4) is 0 Å². The fourth-order valence-electron chi connectivity index (χ4n) is 1.37. The van der Waals surface area contributed by atoms with E-state index in [0.29, 0.717) is 5.56 Å². The van der Waals surface area contributed by atoms with Gasteiger partial charge >= 0.3 is 5.97 Å². The van der Waals surface area contributed by atoms with Crippen LogP contribution >= 0.6 is 0 Å². The molecule has 1 aromatic rings. The first-order valence-corrected chi connectivity index (χ1v) is 4.98. The van der Waals surface area contributed by atoms with Crippen LogP contribution in [0.5, 0.6) is 0 Å². The highest BCUT2D eigenvalue weighted by atomic mass is 16.5. The second-order valence-electron chi connectivity index (χ2n) is 3.63. The Morgan fingerprint density at radius 2 is 2.00 bits per heavy atom. The maximum absolute atomic E-state index is 11.4. The molecule has 1 rings (SSSR count). The van der Waals surface area contributed by atoms with E-state index in [1.54, 1.807) is 0 Å². The molecule has 0 saturated carbocycles. The van der Waals surface area contributed by atoms with Crippen LogP contribution in [0, 0.1) is 0 Å². The molecule has 0 saturated heterocycles. The molecule has 0 fully saturated rings. The van der Waals surface area contributed by atoms with Crippen LogP contribution in [0.3, 0.4) is 0 Å². The molecule has 0 radical (unpaired) electrons. The molecule has 0 aromatic heterocycles. The molecule has 0 bridgehead atoms. The third-order valence-corrected chi connectivity index (χ3v) is 2.32. The minimum Gasteiger partial charge on any atom is -0.465 e. The second-order valence-corrected chi connectivity index (χ2v) is 3.63. The summed E-state index contributed by atoms with van der Waals surface area (Å²) in [5.41, 5.74) is 2.77. The average molecular weight is 207 g/mol. The first-order valence-electron chi connectivity index (χ1n) is 4.98. The number of esters is 1. The highest BCUT2D eigenvalue weighted by molar-refractivity contribution is 5.90. The zero-order valence-electron chi connectivity index (χ0n) is 9.70. The largest absolute Gasteiger partial charge is 0.465 e. The van der Waals surface area contributed by atoms with Gasteiger partial charge in [-0.2, -0.15) is 0 Å². The molecule has 0 N–H and O–H groups in total. The van der Waals surface area contributed by atoms with E-state index in [1.165, 1.54) is 7.11 Å². The normalized spacial score (nSPS) is 9.87. The van der Waals surface area contributed by atoms with Gasteiger partial charge in [-0.25, -0.2) is 4.79 Å². The van der Waals surface area contributed by atoms with Gasteiger partial charge < -0.3 is 9.64 Å². The fourth-order valence-corrected chi connectivity index (χ4v) is 1.37. The van der Waals surface area contributed by atoms with E-state index in [0.717, 1.165) is 17.7 Å². The van der Waals surface area contributed by atoms with Crippen molar-refractivity contribution in [1.29, 1.82) is 0 Å². The molecule has 3 nitrogen and oxygen atoms in total. The first-order chi connectivity index (χ1) is 7.08. The van der Waals surface area contributed by atoms with Crippen LogP contribution in [-0.4, -0.2) is 27.2 Å². The number of anilines is 1. The maximum Gasteiger partial charge on any atom is 0.337 e. The molecular formula is C12H17NO2. The standard InChI is InChI=1S/C12H17NO2/c1-5-9-6-10(12(14)15-4)8-11(7-9)13(2)3/h6-8H,5H2,1-4H3. The molecule has 0 atom stereocenters. The van der Waals surface area contributed by atoms with Crippen molar-refractivity contribution in [3.05, 3.63) is 29.3 Å². The Hall–Kier alpha value is -1.51. The lowest BCUT2D eigenvalue weighted by Gasteiger charge is -2.15. The number of methoxy groups -OCH3 is 1. The topological polar surface area (TPSA) is 29.5 Å².